The second-order valence-corrected chi connectivity index (χ2v) is 13.7. The molecule has 1 amide bonds. The largest absolute Gasteiger partial charge is 0.354 e. The minimum atomic E-state index is -0.158. The first-order valence-electron chi connectivity index (χ1n) is 18.8. The van der Waals surface area contributed by atoms with E-state index in [-0.39, 0.29) is 12.5 Å². The fourth-order valence-electron chi connectivity index (χ4n) is 7.52. The fraction of sp³-hybridized carbons (Fsp3) is 0.0625. The van der Waals surface area contributed by atoms with Crippen molar-refractivity contribution in [2.24, 2.45) is 5.73 Å². The Balaban J connectivity index is 1.40. The number of nitrogens with two attached hydrogens (primary N) is 1. The van der Waals surface area contributed by atoms with Crippen LogP contribution >= 0.6 is 0 Å². The number of carbonyl (C=O) groups is 1. The van der Waals surface area contributed by atoms with Crippen molar-refractivity contribution >= 4 is 58.0 Å². The average molecular weight is 730 g/mol. The molecule has 56 heavy (non-hydrogen) atoms. The first kappa shape index (κ1) is 34.6. The molecule has 7 aromatic rings. The summed E-state index contributed by atoms with van der Waals surface area (Å²) < 4.78 is 0. The van der Waals surface area contributed by atoms with Crippen LogP contribution in [0.1, 0.15) is 22.8 Å². The van der Waals surface area contributed by atoms with Gasteiger partial charge in [-0.2, -0.15) is 0 Å². The van der Waals surface area contributed by atoms with Gasteiger partial charge in [-0.15, -0.1) is 0 Å². The molecule has 0 saturated heterocycles. The molecule has 4 aromatic carbocycles. The van der Waals surface area contributed by atoms with Crippen LogP contribution in [0.25, 0.3) is 90.9 Å². The van der Waals surface area contributed by atoms with Crippen LogP contribution in [0.3, 0.4) is 0 Å². The highest BCUT2D eigenvalue weighted by Gasteiger charge is 2.20. The maximum absolute atomic E-state index is 13.2. The Morgan fingerprint density at radius 3 is 1.34 bits per heavy atom. The summed E-state index contributed by atoms with van der Waals surface area (Å²) in [6.07, 6.45) is 8.34. The van der Waals surface area contributed by atoms with Gasteiger partial charge in [0, 0.05) is 68.7 Å². The normalized spacial score (nSPS) is 11.9. The van der Waals surface area contributed by atoms with Gasteiger partial charge in [-0.05, 0) is 71.3 Å². The number of benzene rings is 4. The number of carbonyl (C=O) groups excluding carboxylic acids is 1. The quantitative estimate of drug-likeness (QED) is 0.0947. The fourth-order valence-corrected chi connectivity index (χ4v) is 7.52. The van der Waals surface area contributed by atoms with E-state index in [0.29, 0.717) is 18.8 Å². The van der Waals surface area contributed by atoms with E-state index in [2.05, 4.69) is 118 Å². The highest BCUT2D eigenvalue weighted by molar-refractivity contribution is 6.03. The molecule has 3 aromatic heterocycles. The number of H-pyrrole nitrogens is 2. The number of nitrogens with one attached hydrogen (secondary N) is 4. The van der Waals surface area contributed by atoms with Crippen molar-refractivity contribution in [3.63, 3.8) is 0 Å². The van der Waals surface area contributed by atoms with Gasteiger partial charge in [-0.25, -0.2) is 9.97 Å². The van der Waals surface area contributed by atoms with Crippen LogP contribution in [0.15, 0.2) is 140 Å². The zero-order valence-corrected chi connectivity index (χ0v) is 30.6. The van der Waals surface area contributed by atoms with Crippen LogP contribution in [0.5, 0.6) is 0 Å². The van der Waals surface area contributed by atoms with Gasteiger partial charge in [-0.3, -0.25) is 4.79 Å². The molecule has 0 atom stereocenters. The molecular formula is C48H39N7O. The maximum Gasteiger partial charge on any atom is 0.238 e. The SMILES string of the molecule is NCCNCC(=O)Nc1ccccc1-c1c2nc(c(-c3ccccc3)c3ccc([nH]3)c(-c3ccccc3)c3nc(c(-c4ccccc4)c4ccc1[nH]4)C=C3)C=C2. The van der Waals surface area contributed by atoms with Crippen LogP contribution in [0, 0.1) is 0 Å². The maximum atomic E-state index is 13.2. The molecule has 2 aliphatic rings. The molecule has 8 nitrogen and oxygen atoms in total. The number of hydrogen-bond acceptors (Lipinski definition) is 5. The van der Waals surface area contributed by atoms with Crippen LogP contribution in [-0.2, 0) is 4.79 Å². The topological polar surface area (TPSA) is 125 Å². The lowest BCUT2D eigenvalue weighted by Gasteiger charge is -2.13. The summed E-state index contributed by atoms with van der Waals surface area (Å²) in [5.74, 6) is -0.158. The molecule has 5 heterocycles. The summed E-state index contributed by atoms with van der Waals surface area (Å²) in [6.45, 7) is 1.14. The van der Waals surface area contributed by atoms with Gasteiger partial charge in [0.15, 0.2) is 0 Å². The molecule has 0 saturated carbocycles. The highest BCUT2D eigenvalue weighted by Crippen LogP contribution is 2.39. The average Bonchev–Trinajstić information content (AvgIpc) is 4.08. The van der Waals surface area contributed by atoms with Gasteiger partial charge in [-0.1, -0.05) is 109 Å². The van der Waals surface area contributed by atoms with Crippen LogP contribution in [0.2, 0.25) is 0 Å². The second kappa shape index (κ2) is 15.3. The number of amides is 1. The lowest BCUT2D eigenvalue weighted by atomic mass is 10.0. The van der Waals surface area contributed by atoms with Crippen molar-refractivity contribution in [3.05, 3.63) is 162 Å². The lowest BCUT2D eigenvalue weighted by Crippen LogP contribution is -2.31. The van der Waals surface area contributed by atoms with Crippen molar-refractivity contribution in [2.75, 3.05) is 25.0 Å². The Morgan fingerprint density at radius 1 is 0.500 bits per heavy atom. The first-order chi connectivity index (χ1) is 27.6. The molecular weight excluding hydrogens is 691 g/mol. The van der Waals surface area contributed by atoms with Gasteiger partial charge < -0.3 is 26.3 Å². The Bertz CT molecular complexity index is 2760. The van der Waals surface area contributed by atoms with Crippen LogP contribution < -0.4 is 16.4 Å². The zero-order valence-electron chi connectivity index (χ0n) is 30.6. The van der Waals surface area contributed by atoms with Crippen molar-refractivity contribution in [3.8, 4) is 44.5 Å². The number of anilines is 1. The molecule has 0 fully saturated rings. The number of aromatic nitrogens is 4. The van der Waals surface area contributed by atoms with Crippen molar-refractivity contribution in [1.82, 2.24) is 25.3 Å². The molecule has 0 spiro atoms. The Hall–Kier alpha value is -7.13. The molecule has 0 radical (unpaired) electrons. The molecule has 9 rings (SSSR count). The highest BCUT2D eigenvalue weighted by atomic mass is 16.1. The minimum Gasteiger partial charge on any atom is -0.354 e. The van der Waals surface area contributed by atoms with E-state index in [1.165, 1.54) is 0 Å². The van der Waals surface area contributed by atoms with E-state index in [9.17, 15) is 4.79 Å². The zero-order chi connectivity index (χ0) is 37.8. The monoisotopic (exact) mass is 729 g/mol. The molecule has 6 N–H and O–H groups in total. The predicted molar refractivity (Wildman–Crippen MR) is 231 cm³/mol. The second-order valence-electron chi connectivity index (χ2n) is 13.7. The summed E-state index contributed by atoms with van der Waals surface area (Å²) in [5, 5.41) is 6.24. The van der Waals surface area contributed by atoms with Crippen molar-refractivity contribution in [2.45, 2.75) is 0 Å². The summed E-state index contributed by atoms with van der Waals surface area (Å²) in [6, 6.07) is 47.4. The summed E-state index contributed by atoms with van der Waals surface area (Å²) >= 11 is 0. The third-order valence-corrected chi connectivity index (χ3v) is 10.0. The van der Waals surface area contributed by atoms with Gasteiger partial charge in [0.05, 0.1) is 29.3 Å². The molecule has 272 valence electrons. The van der Waals surface area contributed by atoms with Gasteiger partial charge >= 0.3 is 0 Å². The Labute approximate surface area is 324 Å². The van der Waals surface area contributed by atoms with E-state index >= 15 is 0 Å². The van der Waals surface area contributed by atoms with E-state index in [1.54, 1.807) is 0 Å². The molecule has 8 heteroatoms. The number of fused-ring (bicyclic) bond motifs is 8. The summed E-state index contributed by atoms with van der Waals surface area (Å²) in [5.41, 5.74) is 21.0. The smallest absolute Gasteiger partial charge is 0.238 e. The summed E-state index contributed by atoms with van der Waals surface area (Å²) in [7, 11) is 0. The Kier molecular flexibility index (Phi) is 9.47. The van der Waals surface area contributed by atoms with Gasteiger partial charge in [0.2, 0.25) is 5.91 Å². The standard InChI is InChI=1S/C48H39N7O/c49-28-29-50-30-44(56)55-35-19-11-10-18-34(35)48-42-26-24-40(53-42)46(32-14-6-2-7-15-32)38-22-20-36(51-38)45(31-12-4-1-5-13-31)37-21-23-39(52-37)47(33-16-8-3-9-17-33)41-25-27-43(48)54-41/h1-27,50-51,54H,28-30,49H2,(H,55,56). The molecule has 8 bridgehead atoms. The minimum absolute atomic E-state index is 0.146. The number of rotatable bonds is 9. The van der Waals surface area contributed by atoms with E-state index in [4.69, 9.17) is 15.7 Å². The summed E-state index contributed by atoms with van der Waals surface area (Å²) in [4.78, 5) is 31.5. The Morgan fingerprint density at radius 2 is 0.893 bits per heavy atom. The number of aromatic amines is 2. The van der Waals surface area contributed by atoms with Crippen molar-refractivity contribution in [1.29, 1.82) is 0 Å². The first-order valence-corrected chi connectivity index (χ1v) is 18.8. The molecule has 0 unspecified atom stereocenters. The van der Waals surface area contributed by atoms with E-state index in [1.807, 2.05) is 66.7 Å². The van der Waals surface area contributed by atoms with E-state index in [0.717, 1.165) is 89.4 Å². The predicted octanol–water partition coefficient (Wildman–Crippen LogP) is 9.81. The molecule has 2 aliphatic heterocycles. The van der Waals surface area contributed by atoms with Gasteiger partial charge in [0.25, 0.3) is 0 Å². The number of para-hydroxylation sites is 1. The lowest BCUT2D eigenvalue weighted by molar-refractivity contribution is -0.115. The number of nitrogens with zero attached hydrogens (tertiary/aromatic N) is 2. The third kappa shape index (κ3) is 6.75. The van der Waals surface area contributed by atoms with Crippen LogP contribution in [0.4, 0.5) is 5.69 Å². The van der Waals surface area contributed by atoms with Crippen molar-refractivity contribution < 1.29 is 4.79 Å². The van der Waals surface area contributed by atoms with Gasteiger partial charge in [0.1, 0.15) is 0 Å². The number of hydrogen-bond donors (Lipinski definition) is 5. The van der Waals surface area contributed by atoms with Crippen LogP contribution in [-0.4, -0.2) is 45.5 Å². The van der Waals surface area contributed by atoms with E-state index < -0.39 is 0 Å². The molecule has 0 aliphatic carbocycles. The third-order valence-electron chi connectivity index (χ3n) is 10.0.